The molecule has 2 aromatic carbocycles. The van der Waals surface area contributed by atoms with Crippen molar-refractivity contribution in [3.05, 3.63) is 79.8 Å². The van der Waals surface area contributed by atoms with Gasteiger partial charge in [0.15, 0.2) is 0 Å². The zero-order valence-corrected chi connectivity index (χ0v) is 16.5. The Bertz CT molecular complexity index is 887. The van der Waals surface area contributed by atoms with E-state index in [1.165, 1.54) is 0 Å². The minimum atomic E-state index is -4.49. The Morgan fingerprint density at radius 2 is 1.52 bits per heavy atom. The molecule has 0 amide bonds. The number of hydrogen-bond acceptors (Lipinski definition) is 0. The van der Waals surface area contributed by atoms with E-state index in [0.29, 0.717) is 22.8 Å². The Morgan fingerprint density at radius 3 is 2.08 bits per heavy atom. The largest absolute Gasteiger partial charge is 0.420 e. The maximum absolute atomic E-state index is 13.5. The van der Waals surface area contributed by atoms with Crippen molar-refractivity contribution in [2.24, 2.45) is 0 Å². The SMILES string of the molecule is FC(F)(F)c1c(Br)c(-c2ccc(Cl)cc2)n(Cc2ccccc2)c1Br. The van der Waals surface area contributed by atoms with E-state index in [4.69, 9.17) is 11.6 Å². The lowest BCUT2D eigenvalue weighted by molar-refractivity contribution is -0.138. The van der Waals surface area contributed by atoms with Crippen LogP contribution in [0.25, 0.3) is 11.3 Å². The number of rotatable bonds is 3. The van der Waals surface area contributed by atoms with Crippen LogP contribution >= 0.6 is 43.5 Å². The molecule has 0 unspecified atom stereocenters. The van der Waals surface area contributed by atoms with E-state index in [1.807, 2.05) is 30.3 Å². The van der Waals surface area contributed by atoms with Crippen molar-refractivity contribution in [1.82, 2.24) is 4.57 Å². The van der Waals surface area contributed by atoms with Crippen molar-refractivity contribution < 1.29 is 13.2 Å². The van der Waals surface area contributed by atoms with Gasteiger partial charge in [-0.1, -0.05) is 54.1 Å². The summed E-state index contributed by atoms with van der Waals surface area (Å²) in [5.41, 5.74) is 1.26. The second-order valence-corrected chi connectivity index (χ2v) is 7.39. The molecule has 1 aromatic heterocycles. The maximum atomic E-state index is 13.5. The molecule has 0 aliphatic heterocycles. The van der Waals surface area contributed by atoms with Gasteiger partial charge in [-0.3, -0.25) is 0 Å². The van der Waals surface area contributed by atoms with Gasteiger partial charge in [0.1, 0.15) is 5.56 Å². The predicted molar refractivity (Wildman–Crippen MR) is 101 cm³/mol. The normalized spacial score (nSPS) is 11.8. The summed E-state index contributed by atoms with van der Waals surface area (Å²) in [6, 6.07) is 16.1. The Balaban J connectivity index is 2.22. The molecule has 7 heteroatoms. The highest BCUT2D eigenvalue weighted by Gasteiger charge is 2.40. The molecule has 0 fully saturated rings. The van der Waals surface area contributed by atoms with E-state index in [0.717, 1.165) is 5.56 Å². The molecule has 1 heterocycles. The molecule has 0 saturated carbocycles. The highest BCUT2D eigenvalue weighted by Crippen LogP contribution is 2.47. The highest BCUT2D eigenvalue weighted by molar-refractivity contribution is 9.11. The number of alkyl halides is 3. The molecule has 0 saturated heterocycles. The molecule has 0 spiro atoms. The highest BCUT2D eigenvalue weighted by atomic mass is 79.9. The van der Waals surface area contributed by atoms with Crippen molar-refractivity contribution in [2.45, 2.75) is 12.7 Å². The molecule has 25 heavy (non-hydrogen) atoms. The van der Waals surface area contributed by atoms with Crippen molar-refractivity contribution in [2.75, 3.05) is 0 Å². The van der Waals surface area contributed by atoms with E-state index in [1.54, 1.807) is 28.8 Å². The van der Waals surface area contributed by atoms with Crippen LogP contribution in [0, 0.1) is 0 Å². The summed E-state index contributed by atoms with van der Waals surface area (Å²) in [7, 11) is 0. The van der Waals surface area contributed by atoms with Crippen LogP contribution in [0.15, 0.2) is 63.7 Å². The van der Waals surface area contributed by atoms with Crippen LogP contribution in [0.2, 0.25) is 5.02 Å². The fourth-order valence-electron chi connectivity index (χ4n) is 2.61. The predicted octanol–water partition coefficient (Wildman–Crippen LogP) is 7.40. The molecular weight excluding hydrogens is 482 g/mol. The average Bonchev–Trinajstić information content (AvgIpc) is 2.80. The van der Waals surface area contributed by atoms with Crippen molar-refractivity contribution in [1.29, 1.82) is 0 Å². The van der Waals surface area contributed by atoms with Gasteiger partial charge in [-0.25, -0.2) is 0 Å². The van der Waals surface area contributed by atoms with Crippen molar-refractivity contribution in [3.63, 3.8) is 0 Å². The first-order valence-corrected chi connectivity index (χ1v) is 9.20. The van der Waals surface area contributed by atoms with Gasteiger partial charge in [0, 0.05) is 11.6 Å². The Morgan fingerprint density at radius 1 is 0.920 bits per heavy atom. The van der Waals surface area contributed by atoms with Crippen LogP contribution in [0.3, 0.4) is 0 Å². The van der Waals surface area contributed by atoms with Crippen LogP contribution in [0.1, 0.15) is 11.1 Å². The van der Waals surface area contributed by atoms with Gasteiger partial charge < -0.3 is 4.57 Å². The summed E-state index contributed by atoms with van der Waals surface area (Å²) in [6.07, 6.45) is -4.49. The summed E-state index contributed by atoms with van der Waals surface area (Å²) in [6.45, 7) is 0.300. The minimum absolute atomic E-state index is 0.00475. The van der Waals surface area contributed by atoms with Gasteiger partial charge in [0.05, 0.1) is 14.8 Å². The fraction of sp³-hybridized carbons (Fsp3) is 0.111. The summed E-state index contributed by atoms with van der Waals surface area (Å²) in [4.78, 5) is 0. The number of aromatic nitrogens is 1. The Hall–Kier alpha value is -1.24. The van der Waals surface area contributed by atoms with Gasteiger partial charge in [0.2, 0.25) is 0 Å². The van der Waals surface area contributed by atoms with Crippen molar-refractivity contribution in [3.8, 4) is 11.3 Å². The van der Waals surface area contributed by atoms with Crippen LogP contribution in [0.4, 0.5) is 13.2 Å². The standard InChI is InChI=1S/C18H11Br2ClF3N/c19-15-14(18(22,23)24)17(20)25(10-11-4-2-1-3-5-11)16(15)12-6-8-13(21)9-7-12/h1-9H,10H2. The van der Waals surface area contributed by atoms with Gasteiger partial charge in [-0.2, -0.15) is 13.2 Å². The maximum Gasteiger partial charge on any atom is 0.420 e. The minimum Gasteiger partial charge on any atom is -0.329 e. The van der Waals surface area contributed by atoms with E-state index in [9.17, 15) is 13.2 Å². The van der Waals surface area contributed by atoms with E-state index < -0.39 is 11.7 Å². The first kappa shape index (κ1) is 18.5. The lowest BCUT2D eigenvalue weighted by atomic mass is 10.1. The molecule has 0 atom stereocenters. The van der Waals surface area contributed by atoms with E-state index in [-0.39, 0.29) is 9.08 Å². The molecule has 0 N–H and O–H groups in total. The Kier molecular flexibility index (Phi) is 5.32. The number of halogens is 6. The van der Waals surface area contributed by atoms with E-state index >= 15 is 0 Å². The smallest absolute Gasteiger partial charge is 0.329 e. The zero-order valence-electron chi connectivity index (χ0n) is 12.6. The molecule has 3 aromatic rings. The molecule has 130 valence electrons. The molecule has 3 rings (SSSR count). The second kappa shape index (κ2) is 7.17. The quantitative estimate of drug-likeness (QED) is 0.358. The van der Waals surface area contributed by atoms with Gasteiger partial charge in [-0.05, 0) is 55.1 Å². The first-order valence-electron chi connectivity index (χ1n) is 7.23. The molecule has 0 bridgehead atoms. The summed E-state index contributed by atoms with van der Waals surface area (Å²) < 4.78 is 42.2. The van der Waals surface area contributed by atoms with Crippen LogP contribution in [-0.4, -0.2) is 4.57 Å². The topological polar surface area (TPSA) is 4.93 Å². The number of benzene rings is 2. The van der Waals surface area contributed by atoms with Crippen LogP contribution in [-0.2, 0) is 12.7 Å². The average molecular weight is 494 g/mol. The number of hydrogen-bond donors (Lipinski definition) is 0. The van der Waals surface area contributed by atoms with Crippen LogP contribution in [0.5, 0.6) is 0 Å². The number of nitrogens with zero attached hydrogens (tertiary/aromatic N) is 1. The lowest BCUT2D eigenvalue weighted by Gasteiger charge is -2.12. The molecule has 0 aliphatic rings. The first-order chi connectivity index (χ1) is 11.8. The van der Waals surface area contributed by atoms with Gasteiger partial charge in [0.25, 0.3) is 0 Å². The third-order valence-electron chi connectivity index (χ3n) is 3.73. The van der Waals surface area contributed by atoms with Crippen molar-refractivity contribution >= 4 is 43.5 Å². The molecule has 0 radical (unpaired) electrons. The lowest BCUT2D eigenvalue weighted by Crippen LogP contribution is -2.07. The van der Waals surface area contributed by atoms with Crippen LogP contribution < -0.4 is 0 Å². The summed E-state index contributed by atoms with van der Waals surface area (Å²) >= 11 is 12.2. The monoisotopic (exact) mass is 491 g/mol. The third-order valence-corrected chi connectivity index (χ3v) is 5.57. The summed E-state index contributed by atoms with van der Waals surface area (Å²) in [5, 5.41) is 0.524. The van der Waals surface area contributed by atoms with Gasteiger partial charge in [-0.15, -0.1) is 0 Å². The molecular formula is C18H11Br2ClF3N. The second-order valence-electron chi connectivity index (χ2n) is 5.40. The van der Waals surface area contributed by atoms with Gasteiger partial charge >= 0.3 is 6.18 Å². The fourth-order valence-corrected chi connectivity index (χ4v) is 4.58. The third kappa shape index (κ3) is 3.81. The Labute approximate surface area is 164 Å². The summed E-state index contributed by atoms with van der Waals surface area (Å²) in [5.74, 6) is 0. The van der Waals surface area contributed by atoms with E-state index in [2.05, 4.69) is 31.9 Å². The molecule has 1 nitrogen and oxygen atoms in total. The molecule has 0 aliphatic carbocycles. The zero-order chi connectivity index (χ0) is 18.2.